The Kier molecular flexibility index (Phi) is 6.01. The average Bonchev–Trinajstić information content (AvgIpc) is 3.12. The van der Waals surface area contributed by atoms with Gasteiger partial charge in [0.2, 0.25) is 0 Å². The summed E-state index contributed by atoms with van der Waals surface area (Å²) >= 11 is 0. The van der Waals surface area contributed by atoms with E-state index in [2.05, 4.69) is 11.4 Å². The number of likely N-dealkylation sites (tertiary alicyclic amines) is 1. The highest BCUT2D eigenvalue weighted by Crippen LogP contribution is 2.31. The van der Waals surface area contributed by atoms with Crippen molar-refractivity contribution in [3.63, 3.8) is 0 Å². The van der Waals surface area contributed by atoms with Crippen LogP contribution < -0.4 is 19.7 Å². The highest BCUT2D eigenvalue weighted by molar-refractivity contribution is 5.93. The number of ether oxygens (including phenoxy) is 2. The summed E-state index contributed by atoms with van der Waals surface area (Å²) in [6.07, 6.45) is 2.15. The summed E-state index contributed by atoms with van der Waals surface area (Å²) in [5.41, 5.74) is 4.26. The number of carbonyl (C=O) groups is 1. The number of hydrogen-bond acceptors (Lipinski definition) is 3. The van der Waals surface area contributed by atoms with Crippen LogP contribution in [0.25, 0.3) is 0 Å². The molecule has 0 aromatic heterocycles. The Morgan fingerprint density at radius 2 is 1.89 bits per heavy atom. The van der Waals surface area contributed by atoms with Gasteiger partial charge in [-0.05, 0) is 37.1 Å². The molecule has 5 nitrogen and oxygen atoms in total. The van der Waals surface area contributed by atoms with Crippen LogP contribution in [0.1, 0.15) is 35.6 Å². The van der Waals surface area contributed by atoms with E-state index in [1.54, 1.807) is 14.2 Å². The zero-order valence-corrected chi connectivity index (χ0v) is 16.6. The van der Waals surface area contributed by atoms with Crippen LogP contribution >= 0.6 is 0 Å². The van der Waals surface area contributed by atoms with Crippen molar-refractivity contribution in [1.82, 2.24) is 0 Å². The summed E-state index contributed by atoms with van der Waals surface area (Å²) in [4.78, 5) is 14.0. The number of hydrogen-bond donors (Lipinski definition) is 2. The van der Waals surface area contributed by atoms with Crippen molar-refractivity contribution in [1.29, 1.82) is 0 Å². The van der Waals surface area contributed by atoms with Gasteiger partial charge in [-0.1, -0.05) is 18.2 Å². The third-order valence-corrected chi connectivity index (χ3v) is 5.43. The number of carbonyl (C=O) groups excluding carboxylic acids is 1. The highest BCUT2D eigenvalue weighted by Gasteiger charge is 2.33. The first kappa shape index (κ1) is 19.2. The standard InChI is InChI=1S/C22H28N2O3/c1-15-7-5-8-16(2)22(15)23-21(25)14-24-12-6-9-19(24)18-11-10-17(26-3)13-20(18)27-4/h5,7-8,10-11,13,19H,6,9,12,14H2,1-4H3,(H,23,25)/p+1/t19-/m0/s1. The molecule has 1 fully saturated rings. The Morgan fingerprint density at radius 1 is 1.15 bits per heavy atom. The molecule has 1 amide bonds. The first-order valence-corrected chi connectivity index (χ1v) is 9.46. The van der Waals surface area contributed by atoms with Gasteiger partial charge in [0, 0.05) is 24.6 Å². The van der Waals surface area contributed by atoms with Crippen LogP contribution in [0.3, 0.4) is 0 Å². The highest BCUT2D eigenvalue weighted by atomic mass is 16.5. The second kappa shape index (κ2) is 8.44. The van der Waals surface area contributed by atoms with Crippen LogP contribution in [-0.4, -0.2) is 33.2 Å². The van der Waals surface area contributed by atoms with E-state index in [0.717, 1.165) is 53.3 Å². The molecule has 2 aromatic carbocycles. The monoisotopic (exact) mass is 369 g/mol. The van der Waals surface area contributed by atoms with Crippen molar-refractivity contribution in [2.75, 3.05) is 32.6 Å². The van der Waals surface area contributed by atoms with Crippen molar-refractivity contribution in [2.45, 2.75) is 32.7 Å². The van der Waals surface area contributed by atoms with Gasteiger partial charge in [-0.3, -0.25) is 4.79 Å². The number of methoxy groups -OCH3 is 2. The first-order chi connectivity index (χ1) is 13.0. The summed E-state index contributed by atoms with van der Waals surface area (Å²) in [5.74, 6) is 1.67. The number of amides is 1. The van der Waals surface area contributed by atoms with Gasteiger partial charge < -0.3 is 19.7 Å². The molecule has 0 radical (unpaired) electrons. The van der Waals surface area contributed by atoms with Crippen molar-refractivity contribution in [3.05, 3.63) is 53.1 Å². The van der Waals surface area contributed by atoms with Gasteiger partial charge in [0.1, 0.15) is 17.5 Å². The summed E-state index contributed by atoms with van der Waals surface area (Å²) in [7, 11) is 3.33. The Morgan fingerprint density at radius 3 is 2.56 bits per heavy atom. The smallest absolute Gasteiger partial charge is 0.279 e. The molecule has 1 aliphatic heterocycles. The molecule has 1 heterocycles. The molecule has 2 aromatic rings. The number of quaternary nitrogens is 1. The van der Waals surface area contributed by atoms with E-state index in [-0.39, 0.29) is 11.9 Å². The first-order valence-electron chi connectivity index (χ1n) is 9.46. The molecule has 0 aliphatic carbocycles. The van der Waals surface area contributed by atoms with Gasteiger partial charge in [0.05, 0.1) is 26.3 Å². The maximum Gasteiger partial charge on any atom is 0.279 e. The molecule has 0 spiro atoms. The zero-order chi connectivity index (χ0) is 19.4. The molecule has 2 atom stereocenters. The Balaban J connectivity index is 1.74. The minimum atomic E-state index is 0.0572. The lowest BCUT2D eigenvalue weighted by molar-refractivity contribution is -0.910. The van der Waals surface area contributed by atoms with Crippen molar-refractivity contribution >= 4 is 11.6 Å². The fourth-order valence-electron chi connectivity index (χ4n) is 4.01. The normalized spacial score (nSPS) is 19.0. The fourth-order valence-corrected chi connectivity index (χ4v) is 4.01. The second-order valence-corrected chi connectivity index (χ2v) is 7.20. The topological polar surface area (TPSA) is 52.0 Å². The van der Waals surface area contributed by atoms with E-state index < -0.39 is 0 Å². The molecule has 27 heavy (non-hydrogen) atoms. The molecule has 1 aliphatic rings. The minimum absolute atomic E-state index is 0.0572. The molecule has 1 saturated heterocycles. The lowest BCUT2D eigenvalue weighted by Crippen LogP contribution is -3.11. The number of anilines is 1. The van der Waals surface area contributed by atoms with Gasteiger partial charge >= 0.3 is 0 Å². The van der Waals surface area contributed by atoms with Crippen molar-refractivity contribution in [2.24, 2.45) is 0 Å². The third kappa shape index (κ3) is 4.25. The van der Waals surface area contributed by atoms with E-state index in [1.165, 1.54) is 4.90 Å². The predicted octanol–water partition coefficient (Wildman–Crippen LogP) is 2.68. The third-order valence-electron chi connectivity index (χ3n) is 5.43. The lowest BCUT2D eigenvalue weighted by atomic mass is 10.0. The van der Waals surface area contributed by atoms with E-state index in [9.17, 15) is 4.79 Å². The molecule has 0 saturated carbocycles. The van der Waals surface area contributed by atoms with Gasteiger partial charge in [-0.2, -0.15) is 0 Å². The maximum absolute atomic E-state index is 12.7. The summed E-state index contributed by atoms with van der Waals surface area (Å²) in [6, 6.07) is 12.3. The Labute approximate surface area is 161 Å². The number of para-hydroxylation sites is 1. The van der Waals surface area contributed by atoms with Gasteiger partial charge in [-0.15, -0.1) is 0 Å². The Hall–Kier alpha value is -2.53. The van der Waals surface area contributed by atoms with E-state index in [1.807, 2.05) is 44.2 Å². The fraction of sp³-hybridized carbons (Fsp3) is 0.409. The number of nitrogens with one attached hydrogen (secondary N) is 2. The van der Waals surface area contributed by atoms with Crippen LogP contribution in [0.4, 0.5) is 5.69 Å². The summed E-state index contributed by atoms with van der Waals surface area (Å²) < 4.78 is 10.9. The molecule has 0 bridgehead atoms. The summed E-state index contributed by atoms with van der Waals surface area (Å²) in [6.45, 7) is 5.49. The van der Waals surface area contributed by atoms with Gasteiger partial charge in [0.15, 0.2) is 6.54 Å². The second-order valence-electron chi connectivity index (χ2n) is 7.20. The summed E-state index contributed by atoms with van der Waals surface area (Å²) in [5, 5.41) is 3.11. The Bertz CT molecular complexity index is 799. The van der Waals surface area contributed by atoms with E-state index in [4.69, 9.17) is 9.47 Å². The van der Waals surface area contributed by atoms with E-state index in [0.29, 0.717) is 6.54 Å². The zero-order valence-electron chi connectivity index (χ0n) is 16.6. The molecule has 5 heteroatoms. The largest absolute Gasteiger partial charge is 0.497 e. The number of rotatable bonds is 6. The predicted molar refractivity (Wildman–Crippen MR) is 107 cm³/mol. The average molecular weight is 369 g/mol. The van der Waals surface area contributed by atoms with Gasteiger partial charge in [-0.25, -0.2) is 0 Å². The number of benzene rings is 2. The van der Waals surface area contributed by atoms with Crippen LogP contribution in [0.15, 0.2) is 36.4 Å². The van der Waals surface area contributed by atoms with Crippen LogP contribution in [0, 0.1) is 13.8 Å². The van der Waals surface area contributed by atoms with Gasteiger partial charge in [0.25, 0.3) is 5.91 Å². The molecule has 2 N–H and O–H groups in total. The van der Waals surface area contributed by atoms with Crippen molar-refractivity contribution < 1.29 is 19.2 Å². The van der Waals surface area contributed by atoms with E-state index >= 15 is 0 Å². The molecule has 144 valence electrons. The minimum Gasteiger partial charge on any atom is -0.497 e. The maximum atomic E-state index is 12.7. The molecular formula is C22H29N2O3+. The SMILES string of the molecule is COc1ccc([C@@H]2CCC[NH+]2CC(=O)Nc2c(C)cccc2C)c(OC)c1. The van der Waals surface area contributed by atoms with Crippen molar-refractivity contribution in [3.8, 4) is 11.5 Å². The lowest BCUT2D eigenvalue weighted by Gasteiger charge is -2.23. The van der Waals surface area contributed by atoms with Crippen LogP contribution in [-0.2, 0) is 4.79 Å². The van der Waals surface area contributed by atoms with Crippen LogP contribution in [0.2, 0.25) is 0 Å². The quantitative estimate of drug-likeness (QED) is 0.823. The number of aryl methyl sites for hydroxylation is 2. The van der Waals surface area contributed by atoms with Crippen LogP contribution in [0.5, 0.6) is 11.5 Å². The molecule has 1 unspecified atom stereocenters. The molecular weight excluding hydrogens is 340 g/mol. The molecule has 3 rings (SSSR count).